The van der Waals surface area contributed by atoms with Gasteiger partial charge in [-0.3, -0.25) is 4.79 Å². The molecule has 90 valence electrons. The topological polar surface area (TPSA) is 41.1 Å². The molecule has 2 rings (SSSR count). The number of hydrogen-bond acceptors (Lipinski definition) is 2. The highest BCUT2D eigenvalue weighted by Crippen LogP contribution is 2.12. The maximum absolute atomic E-state index is 12.0. The first kappa shape index (κ1) is 11.6. The van der Waals surface area contributed by atoms with Gasteiger partial charge in [0, 0.05) is 6.04 Å². The Morgan fingerprint density at radius 2 is 2.12 bits per heavy atom. The molecule has 2 aliphatic rings. The van der Waals surface area contributed by atoms with Gasteiger partial charge in [-0.2, -0.15) is 0 Å². The fourth-order valence-electron chi connectivity index (χ4n) is 2.48. The van der Waals surface area contributed by atoms with Crippen molar-refractivity contribution in [2.75, 3.05) is 6.54 Å². The molecule has 2 atom stereocenters. The van der Waals surface area contributed by atoms with Crippen LogP contribution in [0.15, 0.2) is 12.2 Å². The van der Waals surface area contributed by atoms with Crippen LogP contribution in [0.5, 0.6) is 0 Å². The standard InChI is InChI=1S/C13H22N2O/c16-13(12-9-5-2-6-10-14-12)15-11-7-3-1-4-8-11/h1,3,11-12,14H,2,4-10H2,(H,15,16). The average Bonchev–Trinajstić information content (AvgIpc) is 2.59. The molecule has 0 aromatic rings. The summed E-state index contributed by atoms with van der Waals surface area (Å²) in [5, 5.41) is 6.50. The van der Waals surface area contributed by atoms with Crippen LogP contribution in [-0.4, -0.2) is 24.5 Å². The lowest BCUT2D eigenvalue weighted by molar-refractivity contribution is -0.124. The second-order valence-electron chi connectivity index (χ2n) is 4.85. The molecular formula is C13H22N2O. The largest absolute Gasteiger partial charge is 0.352 e. The van der Waals surface area contributed by atoms with E-state index in [2.05, 4.69) is 22.8 Å². The second-order valence-corrected chi connectivity index (χ2v) is 4.85. The fourth-order valence-corrected chi connectivity index (χ4v) is 2.48. The molecule has 3 heteroatoms. The summed E-state index contributed by atoms with van der Waals surface area (Å²) in [5.41, 5.74) is 0. The smallest absolute Gasteiger partial charge is 0.237 e. The van der Waals surface area contributed by atoms with Crippen molar-refractivity contribution in [2.24, 2.45) is 0 Å². The zero-order chi connectivity index (χ0) is 11.2. The van der Waals surface area contributed by atoms with Crippen LogP contribution in [0.25, 0.3) is 0 Å². The van der Waals surface area contributed by atoms with E-state index in [0.717, 1.165) is 32.2 Å². The minimum absolute atomic E-state index is 0.0495. The van der Waals surface area contributed by atoms with Gasteiger partial charge in [-0.05, 0) is 38.6 Å². The molecule has 3 nitrogen and oxygen atoms in total. The molecule has 0 saturated carbocycles. The highest BCUT2D eigenvalue weighted by molar-refractivity contribution is 5.82. The van der Waals surface area contributed by atoms with E-state index < -0.39 is 0 Å². The van der Waals surface area contributed by atoms with Crippen LogP contribution in [0.4, 0.5) is 0 Å². The first-order valence-electron chi connectivity index (χ1n) is 6.55. The van der Waals surface area contributed by atoms with Gasteiger partial charge in [0.15, 0.2) is 0 Å². The Morgan fingerprint density at radius 3 is 2.94 bits per heavy atom. The predicted molar refractivity (Wildman–Crippen MR) is 65.2 cm³/mol. The number of hydrogen-bond donors (Lipinski definition) is 2. The van der Waals surface area contributed by atoms with Crippen LogP contribution in [-0.2, 0) is 4.79 Å². The highest BCUT2D eigenvalue weighted by atomic mass is 16.2. The third-order valence-corrected chi connectivity index (χ3v) is 3.49. The van der Waals surface area contributed by atoms with Crippen LogP contribution < -0.4 is 10.6 Å². The van der Waals surface area contributed by atoms with Crippen LogP contribution >= 0.6 is 0 Å². The predicted octanol–water partition coefficient (Wildman–Crippen LogP) is 1.74. The molecule has 1 fully saturated rings. The number of nitrogens with one attached hydrogen (secondary N) is 2. The van der Waals surface area contributed by atoms with Crippen molar-refractivity contribution in [3.8, 4) is 0 Å². The van der Waals surface area contributed by atoms with Crippen molar-refractivity contribution in [1.82, 2.24) is 10.6 Å². The number of carbonyl (C=O) groups is 1. The zero-order valence-corrected chi connectivity index (χ0v) is 9.87. The van der Waals surface area contributed by atoms with E-state index in [9.17, 15) is 4.79 Å². The van der Waals surface area contributed by atoms with Crippen LogP contribution in [0.3, 0.4) is 0 Å². The van der Waals surface area contributed by atoms with Gasteiger partial charge in [0.2, 0.25) is 5.91 Å². The van der Waals surface area contributed by atoms with Crippen molar-refractivity contribution in [3.05, 3.63) is 12.2 Å². The highest BCUT2D eigenvalue weighted by Gasteiger charge is 2.21. The fraction of sp³-hybridized carbons (Fsp3) is 0.769. The lowest BCUT2D eigenvalue weighted by atomic mass is 10.0. The normalized spacial score (nSPS) is 30.8. The quantitative estimate of drug-likeness (QED) is 0.699. The summed E-state index contributed by atoms with van der Waals surface area (Å²) in [7, 11) is 0. The van der Waals surface area contributed by atoms with E-state index >= 15 is 0 Å². The van der Waals surface area contributed by atoms with Gasteiger partial charge in [-0.1, -0.05) is 25.0 Å². The van der Waals surface area contributed by atoms with Gasteiger partial charge in [0.25, 0.3) is 0 Å². The van der Waals surface area contributed by atoms with Gasteiger partial charge in [-0.25, -0.2) is 0 Å². The third-order valence-electron chi connectivity index (χ3n) is 3.49. The molecule has 0 aromatic heterocycles. The second kappa shape index (κ2) is 6.04. The van der Waals surface area contributed by atoms with Gasteiger partial charge in [-0.15, -0.1) is 0 Å². The third kappa shape index (κ3) is 3.34. The van der Waals surface area contributed by atoms with Crippen LogP contribution in [0, 0.1) is 0 Å². The van der Waals surface area contributed by atoms with Crippen molar-refractivity contribution >= 4 is 5.91 Å². The lowest BCUT2D eigenvalue weighted by Gasteiger charge is -2.23. The lowest BCUT2D eigenvalue weighted by Crippen LogP contribution is -2.47. The summed E-state index contributed by atoms with van der Waals surface area (Å²) in [6, 6.07) is 0.413. The Morgan fingerprint density at radius 1 is 1.19 bits per heavy atom. The molecule has 0 aromatic carbocycles. The van der Waals surface area contributed by atoms with E-state index in [0.29, 0.717) is 6.04 Å². The Bertz CT molecular complexity index is 255. The van der Waals surface area contributed by atoms with Crippen molar-refractivity contribution in [3.63, 3.8) is 0 Å². The monoisotopic (exact) mass is 222 g/mol. The Kier molecular flexibility index (Phi) is 4.40. The molecular weight excluding hydrogens is 200 g/mol. The van der Waals surface area contributed by atoms with Crippen molar-refractivity contribution < 1.29 is 4.79 Å². The summed E-state index contributed by atoms with van der Waals surface area (Å²) in [6.45, 7) is 0.989. The van der Waals surface area contributed by atoms with Gasteiger partial charge in [0.05, 0.1) is 6.04 Å². The number of amides is 1. The molecule has 2 N–H and O–H groups in total. The maximum Gasteiger partial charge on any atom is 0.237 e. The molecule has 1 aliphatic heterocycles. The summed E-state index contributed by atoms with van der Waals surface area (Å²) in [4.78, 5) is 12.0. The maximum atomic E-state index is 12.0. The number of rotatable bonds is 2. The summed E-state index contributed by atoms with van der Waals surface area (Å²) in [5.74, 6) is 0.210. The van der Waals surface area contributed by atoms with E-state index in [1.807, 2.05) is 0 Å². The number of carbonyl (C=O) groups excluding carboxylic acids is 1. The first-order chi connectivity index (χ1) is 7.86. The van der Waals surface area contributed by atoms with E-state index in [4.69, 9.17) is 0 Å². The van der Waals surface area contributed by atoms with Gasteiger partial charge < -0.3 is 10.6 Å². The molecule has 1 amide bonds. The average molecular weight is 222 g/mol. The summed E-state index contributed by atoms with van der Waals surface area (Å²) < 4.78 is 0. The first-order valence-corrected chi connectivity index (χ1v) is 6.55. The van der Waals surface area contributed by atoms with Crippen LogP contribution in [0.1, 0.15) is 44.9 Å². The van der Waals surface area contributed by atoms with Crippen LogP contribution in [0.2, 0.25) is 0 Å². The van der Waals surface area contributed by atoms with E-state index in [1.165, 1.54) is 19.3 Å². The molecule has 1 aliphatic carbocycles. The Hall–Kier alpha value is -0.830. The minimum atomic E-state index is 0.0495. The SMILES string of the molecule is O=C(NC1CC=CCC1)C1CCCCCN1. The van der Waals surface area contributed by atoms with Crippen molar-refractivity contribution in [2.45, 2.75) is 57.0 Å². The van der Waals surface area contributed by atoms with E-state index in [1.54, 1.807) is 0 Å². The molecule has 0 spiro atoms. The van der Waals surface area contributed by atoms with Gasteiger partial charge in [0.1, 0.15) is 0 Å². The molecule has 0 radical (unpaired) electrons. The van der Waals surface area contributed by atoms with Crippen molar-refractivity contribution in [1.29, 1.82) is 0 Å². The Balaban J connectivity index is 1.79. The summed E-state index contributed by atoms with van der Waals surface area (Å²) >= 11 is 0. The molecule has 2 unspecified atom stereocenters. The van der Waals surface area contributed by atoms with Gasteiger partial charge >= 0.3 is 0 Å². The molecule has 0 bridgehead atoms. The summed E-state index contributed by atoms with van der Waals surface area (Å²) in [6.07, 6.45) is 12.2. The minimum Gasteiger partial charge on any atom is -0.352 e. The molecule has 1 saturated heterocycles. The zero-order valence-electron chi connectivity index (χ0n) is 9.87. The van der Waals surface area contributed by atoms with E-state index in [-0.39, 0.29) is 11.9 Å². The Labute approximate surface area is 97.7 Å². The molecule has 1 heterocycles. The molecule has 16 heavy (non-hydrogen) atoms. The number of allylic oxidation sites excluding steroid dienone is 1.